The molecule has 0 saturated carbocycles. The lowest BCUT2D eigenvalue weighted by Crippen LogP contribution is -2.04. The van der Waals surface area contributed by atoms with Crippen molar-refractivity contribution in [1.82, 2.24) is 0 Å². The molecule has 0 aromatic heterocycles. The van der Waals surface area contributed by atoms with Gasteiger partial charge in [0.25, 0.3) is 0 Å². The number of benzene rings is 6. The highest BCUT2D eigenvalue weighted by Gasteiger charge is 2.30. The summed E-state index contributed by atoms with van der Waals surface area (Å²) in [6.07, 6.45) is 2.48. The zero-order valence-corrected chi connectivity index (χ0v) is 18.8. The zero-order valence-electron chi connectivity index (χ0n) is 18.0. The Morgan fingerprint density at radius 1 is 0.344 bits per heavy atom. The number of hydrogen-bond donors (Lipinski definition) is 0. The fraction of sp³-hybridized carbons (Fsp3) is 0.0323. The summed E-state index contributed by atoms with van der Waals surface area (Å²) in [6, 6.07) is 46.8. The normalized spacial score (nSPS) is 12.4. The third kappa shape index (κ3) is 2.86. The first-order valence-electron chi connectivity index (χ1n) is 11.0. The highest BCUT2D eigenvalue weighted by Crippen LogP contribution is 2.69. The van der Waals surface area contributed by atoms with E-state index >= 15 is 0 Å². The highest BCUT2D eigenvalue weighted by atomic mass is 32.3. The van der Waals surface area contributed by atoms with E-state index in [0.717, 1.165) is 0 Å². The summed E-state index contributed by atoms with van der Waals surface area (Å²) in [4.78, 5) is 4.26. The van der Waals surface area contributed by atoms with Gasteiger partial charge >= 0.3 is 0 Å². The lowest BCUT2D eigenvalue weighted by Gasteiger charge is -2.40. The Hall–Kier alpha value is -3.55. The van der Waals surface area contributed by atoms with Crippen molar-refractivity contribution in [3.05, 3.63) is 127 Å². The Morgan fingerprint density at radius 3 is 0.969 bits per heavy atom. The van der Waals surface area contributed by atoms with Crippen LogP contribution in [0.4, 0.5) is 0 Å². The van der Waals surface area contributed by atoms with Crippen LogP contribution in [0.2, 0.25) is 0 Å². The van der Waals surface area contributed by atoms with Crippen molar-refractivity contribution >= 4 is 42.3 Å². The van der Waals surface area contributed by atoms with Crippen molar-refractivity contribution in [2.24, 2.45) is 0 Å². The molecular formula is C31H24S. The molecule has 32 heavy (non-hydrogen) atoms. The fourth-order valence-corrected chi connectivity index (χ4v) is 8.65. The molecule has 0 aliphatic heterocycles. The van der Waals surface area contributed by atoms with Crippen LogP contribution in [0.25, 0.3) is 32.3 Å². The van der Waals surface area contributed by atoms with Crippen molar-refractivity contribution in [3.8, 4) is 0 Å². The van der Waals surface area contributed by atoms with Gasteiger partial charge in [-0.3, -0.25) is 0 Å². The summed E-state index contributed by atoms with van der Waals surface area (Å²) < 4.78 is 0. The summed E-state index contributed by atoms with van der Waals surface area (Å²) >= 11 is 0. The van der Waals surface area contributed by atoms with Crippen molar-refractivity contribution in [2.45, 2.75) is 14.7 Å². The van der Waals surface area contributed by atoms with Crippen molar-refractivity contribution < 1.29 is 0 Å². The first-order chi connectivity index (χ1) is 15.8. The van der Waals surface area contributed by atoms with Crippen molar-refractivity contribution in [3.63, 3.8) is 0 Å². The minimum Gasteiger partial charge on any atom is -0.162 e. The Balaban J connectivity index is 1.81. The molecule has 6 aromatic rings. The maximum atomic E-state index is 2.48. The van der Waals surface area contributed by atoms with Gasteiger partial charge in [-0.2, -0.15) is 10.0 Å². The van der Waals surface area contributed by atoms with Gasteiger partial charge in [-0.15, -0.1) is 0 Å². The molecule has 154 valence electrons. The van der Waals surface area contributed by atoms with Crippen LogP contribution < -0.4 is 0 Å². The van der Waals surface area contributed by atoms with E-state index < -0.39 is 10.0 Å². The molecule has 1 heteroatoms. The summed E-state index contributed by atoms with van der Waals surface area (Å²) in [6.45, 7) is 0. The zero-order chi connectivity index (χ0) is 21.5. The van der Waals surface area contributed by atoms with Crippen LogP contribution in [0, 0.1) is 0 Å². The summed E-state index contributed by atoms with van der Waals surface area (Å²) in [5.74, 6) is 0. The van der Waals surface area contributed by atoms with E-state index in [1.807, 2.05) is 0 Å². The van der Waals surface area contributed by atoms with E-state index in [1.165, 1.54) is 47.0 Å². The average Bonchev–Trinajstić information content (AvgIpc) is 2.87. The minimum atomic E-state index is -1.55. The van der Waals surface area contributed by atoms with E-state index in [9.17, 15) is 0 Å². The van der Waals surface area contributed by atoms with E-state index in [4.69, 9.17) is 0 Å². The van der Waals surface area contributed by atoms with Crippen LogP contribution in [0.15, 0.2) is 142 Å². The highest BCUT2D eigenvalue weighted by molar-refractivity contribution is 8.33. The molecular weight excluding hydrogens is 404 g/mol. The Morgan fingerprint density at radius 2 is 0.625 bits per heavy atom. The van der Waals surface area contributed by atoms with E-state index in [0.29, 0.717) is 0 Å². The molecule has 6 aromatic carbocycles. The maximum absolute atomic E-state index is 2.48. The second kappa shape index (κ2) is 7.55. The molecule has 0 amide bonds. The number of rotatable bonds is 3. The molecule has 0 atom stereocenters. The molecule has 6 rings (SSSR count). The predicted octanol–water partition coefficient (Wildman–Crippen LogP) is 9.06. The van der Waals surface area contributed by atoms with Crippen LogP contribution in [-0.2, 0) is 0 Å². The third-order valence-electron chi connectivity index (χ3n) is 6.57. The molecule has 0 spiro atoms. The Bertz CT molecular complexity index is 1390. The van der Waals surface area contributed by atoms with E-state index in [-0.39, 0.29) is 0 Å². The van der Waals surface area contributed by atoms with Crippen LogP contribution in [0.1, 0.15) is 0 Å². The second-order valence-corrected chi connectivity index (χ2v) is 11.5. The van der Waals surface area contributed by atoms with Gasteiger partial charge < -0.3 is 0 Å². The largest absolute Gasteiger partial charge is 0.162 e. The van der Waals surface area contributed by atoms with Gasteiger partial charge in [0.2, 0.25) is 0 Å². The molecule has 0 bridgehead atoms. The molecule has 0 radical (unpaired) electrons. The Labute approximate surface area is 190 Å². The van der Waals surface area contributed by atoms with Gasteiger partial charge in [0, 0.05) is 14.7 Å². The lowest BCUT2D eigenvalue weighted by molar-refractivity contribution is 1.37. The van der Waals surface area contributed by atoms with Gasteiger partial charge in [-0.05, 0) is 56.8 Å². The average molecular weight is 429 g/mol. The van der Waals surface area contributed by atoms with Crippen molar-refractivity contribution in [2.75, 3.05) is 6.26 Å². The van der Waals surface area contributed by atoms with Crippen molar-refractivity contribution in [1.29, 1.82) is 0 Å². The molecule has 0 fully saturated rings. The Kier molecular flexibility index (Phi) is 4.52. The van der Waals surface area contributed by atoms with E-state index in [1.54, 1.807) is 0 Å². The molecule has 0 N–H and O–H groups in total. The van der Waals surface area contributed by atoms with Gasteiger partial charge in [-0.25, -0.2) is 0 Å². The summed E-state index contributed by atoms with van der Waals surface area (Å²) in [7, 11) is -1.55. The van der Waals surface area contributed by atoms with Crippen LogP contribution in [0.5, 0.6) is 0 Å². The first kappa shape index (κ1) is 19.2. The van der Waals surface area contributed by atoms with Crippen LogP contribution >= 0.6 is 10.0 Å². The minimum absolute atomic E-state index is 1.30. The maximum Gasteiger partial charge on any atom is 0.00580 e. The van der Waals surface area contributed by atoms with Gasteiger partial charge in [0.05, 0.1) is 0 Å². The summed E-state index contributed by atoms with van der Waals surface area (Å²) in [5, 5.41) is 7.91. The van der Waals surface area contributed by atoms with Crippen LogP contribution in [0.3, 0.4) is 0 Å². The molecule has 0 heterocycles. The number of hydrogen-bond acceptors (Lipinski definition) is 0. The predicted molar refractivity (Wildman–Crippen MR) is 140 cm³/mol. The van der Waals surface area contributed by atoms with Gasteiger partial charge in [0.15, 0.2) is 0 Å². The molecule has 0 aliphatic rings. The topological polar surface area (TPSA) is 0 Å². The SMILES string of the molecule is CS(c1cccc2ccccc12)(c1cccc2ccccc12)c1cccc2ccccc12. The quantitative estimate of drug-likeness (QED) is 0.264. The fourth-order valence-electron chi connectivity index (χ4n) is 5.01. The number of fused-ring (bicyclic) bond motifs is 3. The third-order valence-corrected chi connectivity index (χ3v) is 10.3. The van der Waals surface area contributed by atoms with E-state index in [2.05, 4.69) is 134 Å². The molecule has 0 unspecified atom stereocenters. The standard InChI is InChI=1S/C31H24S/c1-32(29-20-8-14-23-11-2-5-17-26(23)29,30-21-9-15-24-12-3-6-18-27(24)30)31-22-10-16-25-13-4-7-19-28(25)31/h2-22H,1H3. The lowest BCUT2D eigenvalue weighted by atomic mass is 10.1. The van der Waals surface area contributed by atoms with Gasteiger partial charge in [0.1, 0.15) is 0 Å². The van der Waals surface area contributed by atoms with Gasteiger partial charge in [-0.1, -0.05) is 109 Å². The van der Waals surface area contributed by atoms with Crippen LogP contribution in [-0.4, -0.2) is 6.26 Å². The molecule has 0 aliphatic carbocycles. The summed E-state index contributed by atoms with van der Waals surface area (Å²) in [5.41, 5.74) is 0. The smallest absolute Gasteiger partial charge is 0.00580 e. The molecule has 0 nitrogen and oxygen atoms in total. The first-order valence-corrected chi connectivity index (χ1v) is 13.0. The monoisotopic (exact) mass is 428 g/mol. The second-order valence-electron chi connectivity index (χ2n) is 8.35. The molecule has 0 saturated heterocycles.